The Hall–Kier alpha value is -1.42. The van der Waals surface area contributed by atoms with Gasteiger partial charge >= 0.3 is 5.97 Å². The molecule has 0 saturated carbocycles. The van der Waals surface area contributed by atoms with Gasteiger partial charge in [0.2, 0.25) is 0 Å². The SMILES string of the molecule is C[C@H](c1ccccn1)N(C)CC(=O)O. The van der Waals surface area contributed by atoms with Crippen LogP contribution in [-0.2, 0) is 4.79 Å². The first-order valence-corrected chi connectivity index (χ1v) is 4.44. The molecule has 0 radical (unpaired) electrons. The quantitative estimate of drug-likeness (QED) is 0.781. The maximum absolute atomic E-state index is 10.5. The Labute approximate surface area is 83.2 Å². The van der Waals surface area contributed by atoms with Crippen molar-refractivity contribution in [3.63, 3.8) is 0 Å². The van der Waals surface area contributed by atoms with Gasteiger partial charge < -0.3 is 5.11 Å². The monoisotopic (exact) mass is 194 g/mol. The molecule has 4 heteroatoms. The maximum Gasteiger partial charge on any atom is 0.317 e. The van der Waals surface area contributed by atoms with E-state index >= 15 is 0 Å². The maximum atomic E-state index is 10.5. The summed E-state index contributed by atoms with van der Waals surface area (Å²) in [5.41, 5.74) is 0.885. The van der Waals surface area contributed by atoms with Gasteiger partial charge in [0.25, 0.3) is 0 Å². The number of pyridine rings is 1. The van der Waals surface area contributed by atoms with Crippen molar-refractivity contribution < 1.29 is 9.90 Å². The van der Waals surface area contributed by atoms with Crippen molar-refractivity contribution in [2.45, 2.75) is 13.0 Å². The van der Waals surface area contributed by atoms with Gasteiger partial charge in [0.05, 0.1) is 12.2 Å². The fourth-order valence-electron chi connectivity index (χ4n) is 1.20. The average Bonchev–Trinajstić information content (AvgIpc) is 2.17. The van der Waals surface area contributed by atoms with Gasteiger partial charge in [-0.15, -0.1) is 0 Å². The third-order valence-corrected chi connectivity index (χ3v) is 2.16. The highest BCUT2D eigenvalue weighted by atomic mass is 16.4. The number of carbonyl (C=O) groups is 1. The lowest BCUT2D eigenvalue weighted by Crippen LogP contribution is -2.28. The summed E-state index contributed by atoms with van der Waals surface area (Å²) in [5.74, 6) is -0.824. The highest BCUT2D eigenvalue weighted by Gasteiger charge is 2.14. The number of hydrogen-bond donors (Lipinski definition) is 1. The molecule has 0 aliphatic carbocycles. The Morgan fingerprint density at radius 3 is 2.86 bits per heavy atom. The first-order valence-electron chi connectivity index (χ1n) is 4.44. The van der Waals surface area contributed by atoms with Crippen molar-refractivity contribution in [2.24, 2.45) is 0 Å². The average molecular weight is 194 g/mol. The van der Waals surface area contributed by atoms with E-state index in [0.717, 1.165) is 5.69 Å². The lowest BCUT2D eigenvalue weighted by atomic mass is 10.2. The molecule has 4 nitrogen and oxygen atoms in total. The van der Waals surface area contributed by atoms with Crippen LogP contribution in [0.25, 0.3) is 0 Å². The van der Waals surface area contributed by atoms with Crippen LogP contribution in [0.15, 0.2) is 24.4 Å². The zero-order valence-electron chi connectivity index (χ0n) is 8.34. The van der Waals surface area contributed by atoms with Gasteiger partial charge in [0.15, 0.2) is 0 Å². The molecule has 76 valence electrons. The van der Waals surface area contributed by atoms with Crippen molar-refractivity contribution in [1.82, 2.24) is 9.88 Å². The van der Waals surface area contributed by atoms with Crippen molar-refractivity contribution in [2.75, 3.05) is 13.6 Å². The van der Waals surface area contributed by atoms with Crippen LogP contribution in [0, 0.1) is 0 Å². The van der Waals surface area contributed by atoms with Crippen LogP contribution in [0.4, 0.5) is 0 Å². The zero-order chi connectivity index (χ0) is 10.6. The van der Waals surface area contributed by atoms with Crippen molar-refractivity contribution >= 4 is 5.97 Å². The smallest absolute Gasteiger partial charge is 0.317 e. The fraction of sp³-hybridized carbons (Fsp3) is 0.400. The summed E-state index contributed by atoms with van der Waals surface area (Å²) in [6.07, 6.45) is 1.71. The summed E-state index contributed by atoms with van der Waals surface area (Å²) in [4.78, 5) is 16.4. The standard InChI is InChI=1S/C10H14N2O2/c1-8(12(2)7-10(13)14)9-5-3-4-6-11-9/h3-6,8H,7H2,1-2H3,(H,13,14)/t8-/m1/s1. The minimum absolute atomic E-state index is 0.0206. The van der Waals surface area contributed by atoms with E-state index in [0.29, 0.717) is 0 Å². The Morgan fingerprint density at radius 1 is 1.64 bits per heavy atom. The molecule has 1 aromatic rings. The summed E-state index contributed by atoms with van der Waals surface area (Å²) in [5, 5.41) is 8.62. The number of aromatic nitrogens is 1. The number of rotatable bonds is 4. The van der Waals surface area contributed by atoms with Crippen LogP contribution in [-0.4, -0.2) is 34.6 Å². The summed E-state index contributed by atoms with van der Waals surface area (Å²) in [6, 6.07) is 5.65. The molecular formula is C10H14N2O2. The number of carboxylic acid groups (broad SMARTS) is 1. The zero-order valence-corrected chi connectivity index (χ0v) is 8.34. The first kappa shape index (κ1) is 10.7. The van der Waals surface area contributed by atoms with E-state index in [1.807, 2.05) is 25.1 Å². The number of likely N-dealkylation sites (N-methyl/N-ethyl adjacent to an activating group) is 1. The minimum Gasteiger partial charge on any atom is -0.480 e. The molecule has 14 heavy (non-hydrogen) atoms. The van der Waals surface area contributed by atoms with Crippen LogP contribution in [0.5, 0.6) is 0 Å². The van der Waals surface area contributed by atoms with Crippen LogP contribution in [0.1, 0.15) is 18.7 Å². The molecule has 1 aromatic heterocycles. The van der Waals surface area contributed by atoms with Crippen LogP contribution >= 0.6 is 0 Å². The summed E-state index contributed by atoms with van der Waals surface area (Å²) in [6.45, 7) is 1.96. The van der Waals surface area contributed by atoms with Gasteiger partial charge in [0, 0.05) is 12.2 Å². The van der Waals surface area contributed by atoms with Crippen molar-refractivity contribution in [3.8, 4) is 0 Å². The summed E-state index contributed by atoms with van der Waals surface area (Å²) in [7, 11) is 1.77. The van der Waals surface area contributed by atoms with Crippen molar-refractivity contribution in [3.05, 3.63) is 30.1 Å². The van der Waals surface area contributed by atoms with E-state index in [9.17, 15) is 4.79 Å². The molecule has 0 bridgehead atoms. The molecule has 0 unspecified atom stereocenters. The van der Waals surface area contributed by atoms with Gasteiger partial charge in [-0.2, -0.15) is 0 Å². The van der Waals surface area contributed by atoms with Gasteiger partial charge in [-0.3, -0.25) is 14.7 Å². The Bertz CT molecular complexity index is 300. The molecule has 1 heterocycles. The number of hydrogen-bond acceptors (Lipinski definition) is 3. The van der Waals surface area contributed by atoms with E-state index in [1.54, 1.807) is 18.1 Å². The molecule has 0 saturated heterocycles. The van der Waals surface area contributed by atoms with E-state index in [1.165, 1.54) is 0 Å². The molecule has 0 aliphatic heterocycles. The molecule has 1 atom stereocenters. The van der Waals surface area contributed by atoms with E-state index in [4.69, 9.17) is 5.11 Å². The first-order chi connectivity index (χ1) is 6.61. The molecular weight excluding hydrogens is 180 g/mol. The Balaban J connectivity index is 2.65. The second-order valence-electron chi connectivity index (χ2n) is 3.24. The largest absolute Gasteiger partial charge is 0.480 e. The van der Waals surface area contributed by atoms with Gasteiger partial charge in [-0.05, 0) is 26.1 Å². The second-order valence-corrected chi connectivity index (χ2v) is 3.24. The number of nitrogens with zero attached hydrogens (tertiary/aromatic N) is 2. The molecule has 0 amide bonds. The van der Waals surface area contributed by atoms with Crippen LogP contribution in [0.2, 0.25) is 0 Å². The molecule has 0 spiro atoms. The predicted octanol–water partition coefficient (Wildman–Crippen LogP) is 1.16. The van der Waals surface area contributed by atoms with E-state index in [-0.39, 0.29) is 12.6 Å². The van der Waals surface area contributed by atoms with Gasteiger partial charge in [-0.1, -0.05) is 6.07 Å². The fourth-order valence-corrected chi connectivity index (χ4v) is 1.20. The third-order valence-electron chi connectivity index (χ3n) is 2.16. The molecule has 0 aliphatic rings. The lowest BCUT2D eigenvalue weighted by Gasteiger charge is -2.21. The molecule has 1 rings (SSSR count). The Morgan fingerprint density at radius 2 is 2.36 bits per heavy atom. The molecule has 0 fully saturated rings. The predicted molar refractivity (Wildman–Crippen MR) is 52.9 cm³/mol. The number of carboxylic acids is 1. The second kappa shape index (κ2) is 4.72. The van der Waals surface area contributed by atoms with Gasteiger partial charge in [-0.25, -0.2) is 0 Å². The van der Waals surface area contributed by atoms with E-state index < -0.39 is 5.97 Å². The normalized spacial score (nSPS) is 12.8. The third kappa shape index (κ3) is 2.81. The molecule has 1 N–H and O–H groups in total. The van der Waals surface area contributed by atoms with Gasteiger partial charge in [0.1, 0.15) is 0 Å². The minimum atomic E-state index is -0.824. The van der Waals surface area contributed by atoms with E-state index in [2.05, 4.69) is 4.98 Å². The lowest BCUT2D eigenvalue weighted by molar-refractivity contribution is -0.138. The topological polar surface area (TPSA) is 53.4 Å². The highest BCUT2D eigenvalue weighted by molar-refractivity contribution is 5.69. The molecule has 0 aromatic carbocycles. The van der Waals surface area contributed by atoms with Crippen molar-refractivity contribution in [1.29, 1.82) is 0 Å². The summed E-state index contributed by atoms with van der Waals surface area (Å²) >= 11 is 0. The number of aliphatic carboxylic acids is 1. The van der Waals surface area contributed by atoms with Crippen LogP contribution in [0.3, 0.4) is 0 Å². The Kier molecular flexibility index (Phi) is 3.59. The summed E-state index contributed by atoms with van der Waals surface area (Å²) < 4.78 is 0. The van der Waals surface area contributed by atoms with Crippen LogP contribution < -0.4 is 0 Å². The highest BCUT2D eigenvalue weighted by Crippen LogP contribution is 2.14.